The quantitative estimate of drug-likeness (QED) is 0.667. The van der Waals surface area contributed by atoms with Crippen LogP contribution in [0.4, 0.5) is 5.69 Å². The molecular formula is C12H18N2. The van der Waals surface area contributed by atoms with E-state index in [1.165, 1.54) is 23.1 Å². The lowest BCUT2D eigenvalue weighted by molar-refractivity contribution is 0.253. The standard InChI is InChI=1S/C12H18N2/c1-8-6-10(7-11(13)9(8)2)12(14)4-3-5-12/h6-7H,3-5,13-14H2,1-2H3. The van der Waals surface area contributed by atoms with Gasteiger partial charge in [-0.05, 0) is 55.9 Å². The Bertz CT molecular complexity index is 342. The molecule has 0 spiro atoms. The molecule has 0 bridgehead atoms. The number of benzene rings is 1. The third-order valence-corrected chi connectivity index (χ3v) is 3.53. The van der Waals surface area contributed by atoms with Crippen molar-refractivity contribution in [3.63, 3.8) is 0 Å². The van der Waals surface area contributed by atoms with E-state index in [4.69, 9.17) is 11.5 Å². The van der Waals surface area contributed by atoms with Gasteiger partial charge in [0.25, 0.3) is 0 Å². The van der Waals surface area contributed by atoms with E-state index in [1.54, 1.807) is 0 Å². The van der Waals surface area contributed by atoms with E-state index in [2.05, 4.69) is 19.9 Å². The maximum absolute atomic E-state index is 6.26. The largest absolute Gasteiger partial charge is 0.398 e. The minimum absolute atomic E-state index is 0.0907. The molecule has 0 atom stereocenters. The zero-order valence-electron chi connectivity index (χ0n) is 8.93. The van der Waals surface area contributed by atoms with Crippen LogP contribution in [0, 0.1) is 13.8 Å². The van der Waals surface area contributed by atoms with Gasteiger partial charge in [0.15, 0.2) is 0 Å². The number of hydrogen-bond donors (Lipinski definition) is 2. The highest BCUT2D eigenvalue weighted by Gasteiger charge is 2.34. The number of nitrogen functional groups attached to an aromatic ring is 1. The second-order valence-corrected chi connectivity index (χ2v) is 4.52. The van der Waals surface area contributed by atoms with Crippen molar-refractivity contribution in [1.82, 2.24) is 0 Å². The molecule has 0 heterocycles. The van der Waals surface area contributed by atoms with Gasteiger partial charge in [-0.2, -0.15) is 0 Å². The van der Waals surface area contributed by atoms with Gasteiger partial charge in [0.1, 0.15) is 0 Å². The molecule has 2 rings (SSSR count). The summed E-state index contributed by atoms with van der Waals surface area (Å²) < 4.78 is 0. The SMILES string of the molecule is Cc1cc(C2(N)CCC2)cc(N)c1C. The molecule has 2 heteroatoms. The number of hydrogen-bond acceptors (Lipinski definition) is 2. The van der Waals surface area contributed by atoms with Crippen molar-refractivity contribution in [2.45, 2.75) is 38.6 Å². The fraction of sp³-hybridized carbons (Fsp3) is 0.500. The van der Waals surface area contributed by atoms with E-state index in [0.29, 0.717) is 0 Å². The summed E-state index contributed by atoms with van der Waals surface area (Å²) in [4.78, 5) is 0. The predicted octanol–water partition coefficient (Wildman–Crippen LogP) is 2.22. The topological polar surface area (TPSA) is 52.0 Å². The van der Waals surface area contributed by atoms with E-state index in [0.717, 1.165) is 18.5 Å². The predicted molar refractivity (Wildman–Crippen MR) is 60.0 cm³/mol. The average Bonchev–Trinajstić information content (AvgIpc) is 2.09. The summed E-state index contributed by atoms with van der Waals surface area (Å²) in [6.07, 6.45) is 3.42. The van der Waals surface area contributed by atoms with Crippen LogP contribution in [0.5, 0.6) is 0 Å². The minimum Gasteiger partial charge on any atom is -0.398 e. The fourth-order valence-electron chi connectivity index (χ4n) is 2.02. The van der Waals surface area contributed by atoms with Gasteiger partial charge in [0, 0.05) is 11.2 Å². The molecule has 1 aliphatic carbocycles. The summed E-state index contributed by atoms with van der Waals surface area (Å²) in [5, 5.41) is 0. The fourth-order valence-corrected chi connectivity index (χ4v) is 2.02. The Morgan fingerprint density at radius 3 is 2.29 bits per heavy atom. The molecule has 1 aliphatic rings. The van der Waals surface area contributed by atoms with Gasteiger partial charge in [-0.15, -0.1) is 0 Å². The van der Waals surface area contributed by atoms with Gasteiger partial charge in [0.2, 0.25) is 0 Å². The smallest absolute Gasteiger partial charge is 0.0410 e. The molecule has 1 fully saturated rings. The highest BCUT2D eigenvalue weighted by Crippen LogP contribution is 2.40. The molecule has 0 aliphatic heterocycles. The molecule has 1 aromatic rings. The summed E-state index contributed by atoms with van der Waals surface area (Å²) in [6.45, 7) is 4.15. The molecule has 4 N–H and O–H groups in total. The molecule has 0 saturated heterocycles. The Labute approximate surface area is 85.3 Å². The van der Waals surface area contributed by atoms with Crippen LogP contribution in [-0.2, 0) is 5.54 Å². The molecular weight excluding hydrogens is 172 g/mol. The summed E-state index contributed by atoms with van der Waals surface area (Å²) in [6, 6.07) is 4.23. The van der Waals surface area contributed by atoms with Gasteiger partial charge in [0.05, 0.1) is 0 Å². The lowest BCUT2D eigenvalue weighted by atomic mass is 9.72. The van der Waals surface area contributed by atoms with E-state index in [9.17, 15) is 0 Å². The van der Waals surface area contributed by atoms with Crippen LogP contribution in [0.3, 0.4) is 0 Å². The van der Waals surface area contributed by atoms with Crippen LogP contribution in [-0.4, -0.2) is 0 Å². The first kappa shape index (κ1) is 9.53. The average molecular weight is 190 g/mol. The Kier molecular flexibility index (Phi) is 2.04. The van der Waals surface area contributed by atoms with Crippen LogP contribution in [0.2, 0.25) is 0 Å². The normalized spacial score (nSPS) is 19.1. The summed E-state index contributed by atoms with van der Waals surface area (Å²) >= 11 is 0. The highest BCUT2D eigenvalue weighted by molar-refractivity contribution is 5.54. The number of aryl methyl sites for hydroxylation is 1. The van der Waals surface area contributed by atoms with Gasteiger partial charge >= 0.3 is 0 Å². The Morgan fingerprint density at radius 1 is 1.21 bits per heavy atom. The van der Waals surface area contributed by atoms with Crippen molar-refractivity contribution in [1.29, 1.82) is 0 Å². The van der Waals surface area contributed by atoms with E-state index in [1.807, 2.05) is 6.07 Å². The lowest BCUT2D eigenvalue weighted by Crippen LogP contribution is -2.43. The third-order valence-electron chi connectivity index (χ3n) is 3.53. The first-order valence-corrected chi connectivity index (χ1v) is 5.19. The van der Waals surface area contributed by atoms with Gasteiger partial charge in [-0.1, -0.05) is 6.07 Å². The van der Waals surface area contributed by atoms with Crippen LogP contribution < -0.4 is 11.5 Å². The van der Waals surface area contributed by atoms with Crippen molar-refractivity contribution in [3.05, 3.63) is 28.8 Å². The van der Waals surface area contributed by atoms with Crippen LogP contribution in [0.15, 0.2) is 12.1 Å². The van der Waals surface area contributed by atoms with Crippen LogP contribution in [0.25, 0.3) is 0 Å². The molecule has 1 aromatic carbocycles. The lowest BCUT2D eigenvalue weighted by Gasteiger charge is -2.39. The Morgan fingerprint density at radius 2 is 1.86 bits per heavy atom. The second-order valence-electron chi connectivity index (χ2n) is 4.52. The molecule has 0 radical (unpaired) electrons. The molecule has 14 heavy (non-hydrogen) atoms. The number of anilines is 1. The zero-order chi connectivity index (χ0) is 10.3. The van der Waals surface area contributed by atoms with E-state index < -0.39 is 0 Å². The molecule has 0 aromatic heterocycles. The Hall–Kier alpha value is -1.02. The maximum Gasteiger partial charge on any atom is 0.0410 e. The molecule has 2 nitrogen and oxygen atoms in total. The minimum atomic E-state index is -0.0907. The number of rotatable bonds is 1. The zero-order valence-corrected chi connectivity index (χ0v) is 8.93. The van der Waals surface area contributed by atoms with Gasteiger partial charge in [-0.25, -0.2) is 0 Å². The van der Waals surface area contributed by atoms with Gasteiger partial charge in [-0.3, -0.25) is 0 Å². The summed E-state index contributed by atoms with van der Waals surface area (Å²) in [5.41, 5.74) is 16.6. The monoisotopic (exact) mass is 190 g/mol. The van der Waals surface area contributed by atoms with Crippen LogP contribution >= 0.6 is 0 Å². The van der Waals surface area contributed by atoms with E-state index in [-0.39, 0.29) is 5.54 Å². The molecule has 1 saturated carbocycles. The maximum atomic E-state index is 6.26. The summed E-state index contributed by atoms with van der Waals surface area (Å²) in [7, 11) is 0. The molecule has 0 unspecified atom stereocenters. The van der Waals surface area contributed by atoms with Crippen molar-refractivity contribution in [2.24, 2.45) is 5.73 Å². The first-order valence-electron chi connectivity index (χ1n) is 5.19. The molecule has 0 amide bonds. The van der Waals surface area contributed by atoms with Crippen molar-refractivity contribution in [2.75, 3.05) is 5.73 Å². The Balaban J connectivity index is 2.45. The van der Waals surface area contributed by atoms with E-state index >= 15 is 0 Å². The van der Waals surface area contributed by atoms with Gasteiger partial charge < -0.3 is 11.5 Å². The number of nitrogens with two attached hydrogens (primary N) is 2. The first-order chi connectivity index (χ1) is 6.53. The van der Waals surface area contributed by atoms with Crippen molar-refractivity contribution in [3.8, 4) is 0 Å². The summed E-state index contributed by atoms with van der Waals surface area (Å²) in [5.74, 6) is 0. The third kappa shape index (κ3) is 1.30. The highest BCUT2D eigenvalue weighted by atomic mass is 14.8. The second kappa shape index (κ2) is 2.99. The van der Waals surface area contributed by atoms with Crippen molar-refractivity contribution >= 4 is 5.69 Å². The van der Waals surface area contributed by atoms with Crippen LogP contribution in [0.1, 0.15) is 36.0 Å². The molecule has 76 valence electrons. The van der Waals surface area contributed by atoms with Crippen molar-refractivity contribution < 1.29 is 0 Å².